The molecule has 0 aliphatic carbocycles. The second-order valence-corrected chi connectivity index (χ2v) is 8.42. The lowest BCUT2D eigenvalue weighted by atomic mass is 10.2. The van der Waals surface area contributed by atoms with Gasteiger partial charge in [0.15, 0.2) is 0 Å². The predicted molar refractivity (Wildman–Crippen MR) is 120 cm³/mol. The van der Waals surface area contributed by atoms with Gasteiger partial charge in [-0.25, -0.2) is 28.1 Å². The molecule has 0 amide bonds. The van der Waals surface area contributed by atoms with E-state index in [1.807, 2.05) is 30.3 Å². The number of pyridine rings is 2. The Morgan fingerprint density at radius 3 is 2.48 bits per heavy atom. The maximum absolute atomic E-state index is 12.7. The highest BCUT2D eigenvalue weighted by Gasteiger charge is 2.17. The van der Waals surface area contributed by atoms with Crippen molar-refractivity contribution in [2.45, 2.75) is 11.8 Å². The van der Waals surface area contributed by atoms with Crippen LogP contribution in [-0.4, -0.2) is 41.4 Å². The first kappa shape index (κ1) is 20.6. The van der Waals surface area contributed by atoms with Crippen molar-refractivity contribution in [2.24, 2.45) is 0 Å². The largest absolute Gasteiger partial charge is 0.369 e. The number of anilines is 3. The minimum Gasteiger partial charge on any atom is -0.369 e. The summed E-state index contributed by atoms with van der Waals surface area (Å²) in [6, 6.07) is 16.0. The average molecular weight is 436 g/mol. The Morgan fingerprint density at radius 2 is 1.65 bits per heavy atom. The number of fused-ring (bicyclic) bond motifs is 1. The maximum Gasteiger partial charge on any atom is 0.242 e. The van der Waals surface area contributed by atoms with Crippen molar-refractivity contribution in [3.8, 4) is 0 Å². The van der Waals surface area contributed by atoms with E-state index in [2.05, 4.69) is 35.3 Å². The number of sulfonamides is 1. The van der Waals surface area contributed by atoms with Gasteiger partial charge < -0.3 is 10.6 Å². The zero-order valence-electron chi connectivity index (χ0n) is 16.8. The van der Waals surface area contributed by atoms with Gasteiger partial charge in [-0.1, -0.05) is 24.3 Å². The van der Waals surface area contributed by atoms with E-state index in [0.717, 1.165) is 5.39 Å². The molecule has 0 saturated carbocycles. The van der Waals surface area contributed by atoms with Crippen LogP contribution in [-0.2, 0) is 10.0 Å². The molecule has 0 aliphatic heterocycles. The lowest BCUT2D eigenvalue weighted by Crippen LogP contribution is -2.29. The topological polar surface area (TPSA) is 122 Å². The molecule has 0 saturated heterocycles. The molecule has 31 heavy (non-hydrogen) atoms. The number of hydrogen-bond donors (Lipinski definition) is 3. The van der Waals surface area contributed by atoms with Crippen LogP contribution in [0.5, 0.6) is 0 Å². The fourth-order valence-corrected chi connectivity index (χ4v) is 4.25. The van der Waals surface area contributed by atoms with E-state index in [1.54, 1.807) is 43.6 Å². The van der Waals surface area contributed by atoms with Gasteiger partial charge in [0.25, 0.3) is 0 Å². The molecule has 9 nitrogen and oxygen atoms in total. The third-order valence-corrected chi connectivity index (χ3v) is 5.86. The van der Waals surface area contributed by atoms with Gasteiger partial charge in [0, 0.05) is 36.9 Å². The molecule has 4 rings (SSSR count). The summed E-state index contributed by atoms with van der Waals surface area (Å²) in [6.45, 7) is 2.31. The van der Waals surface area contributed by atoms with Gasteiger partial charge in [-0.2, -0.15) is 0 Å². The van der Waals surface area contributed by atoms with Gasteiger partial charge in [0.05, 0.1) is 5.52 Å². The van der Waals surface area contributed by atoms with Crippen LogP contribution >= 0.6 is 0 Å². The van der Waals surface area contributed by atoms with E-state index >= 15 is 0 Å². The van der Waals surface area contributed by atoms with Crippen LogP contribution in [0.25, 0.3) is 10.9 Å². The molecule has 3 heterocycles. The summed E-state index contributed by atoms with van der Waals surface area (Å²) in [7, 11) is -3.70. The zero-order valence-corrected chi connectivity index (χ0v) is 17.6. The first-order chi connectivity index (χ1) is 15.0. The standard InChI is InChI=1S/C21H21N7O2S/c1-15-26-19(14-20(27-15)28-18-9-2-3-10-22-18)23-12-13-25-31(29,30)17-8-4-6-16-7-5-11-24-21(16)17/h2-11,14,25H,12-13H2,1H3,(H2,22,23,26,27,28). The maximum atomic E-state index is 12.7. The molecule has 0 radical (unpaired) electrons. The van der Waals surface area contributed by atoms with Crippen molar-refractivity contribution < 1.29 is 8.42 Å². The second kappa shape index (κ2) is 9.02. The van der Waals surface area contributed by atoms with E-state index < -0.39 is 10.0 Å². The Balaban J connectivity index is 1.39. The minimum atomic E-state index is -3.70. The summed E-state index contributed by atoms with van der Waals surface area (Å²) in [5.74, 6) is 2.42. The number of hydrogen-bond acceptors (Lipinski definition) is 8. The number of nitrogens with zero attached hydrogens (tertiary/aromatic N) is 4. The van der Waals surface area contributed by atoms with Crippen molar-refractivity contribution in [1.29, 1.82) is 0 Å². The average Bonchev–Trinajstić information content (AvgIpc) is 2.77. The Kier molecular flexibility index (Phi) is 6.01. The molecule has 4 aromatic rings. The summed E-state index contributed by atoms with van der Waals surface area (Å²) in [5.41, 5.74) is 0.446. The van der Waals surface area contributed by atoms with Crippen molar-refractivity contribution in [3.63, 3.8) is 0 Å². The first-order valence-corrected chi connectivity index (χ1v) is 11.1. The molecule has 0 spiro atoms. The van der Waals surface area contributed by atoms with Crippen LogP contribution < -0.4 is 15.4 Å². The predicted octanol–water partition coefficient (Wildman–Crippen LogP) is 2.86. The zero-order chi connectivity index (χ0) is 21.7. The molecule has 158 valence electrons. The fourth-order valence-electron chi connectivity index (χ4n) is 3.04. The molecule has 0 bridgehead atoms. The number of benzene rings is 1. The van der Waals surface area contributed by atoms with E-state index in [9.17, 15) is 8.42 Å². The van der Waals surface area contributed by atoms with Gasteiger partial charge in [-0.05, 0) is 31.2 Å². The highest BCUT2D eigenvalue weighted by molar-refractivity contribution is 7.89. The van der Waals surface area contributed by atoms with E-state index in [1.165, 1.54) is 0 Å². The number of rotatable bonds is 8. The van der Waals surface area contributed by atoms with Crippen LogP contribution in [0.1, 0.15) is 5.82 Å². The van der Waals surface area contributed by atoms with E-state index in [4.69, 9.17) is 0 Å². The summed E-state index contributed by atoms with van der Waals surface area (Å²) < 4.78 is 28.1. The Hall–Kier alpha value is -3.63. The van der Waals surface area contributed by atoms with Crippen molar-refractivity contribution in [2.75, 3.05) is 23.7 Å². The Bertz CT molecular complexity index is 1290. The molecule has 1 aromatic carbocycles. The van der Waals surface area contributed by atoms with Crippen molar-refractivity contribution in [1.82, 2.24) is 24.7 Å². The lowest BCUT2D eigenvalue weighted by molar-refractivity contribution is 0.583. The molecular weight excluding hydrogens is 414 g/mol. The van der Waals surface area contributed by atoms with Gasteiger partial charge >= 0.3 is 0 Å². The van der Waals surface area contributed by atoms with Gasteiger partial charge in [-0.15, -0.1) is 0 Å². The number of nitrogens with one attached hydrogen (secondary N) is 3. The summed E-state index contributed by atoms with van der Waals surface area (Å²) >= 11 is 0. The number of aryl methyl sites for hydroxylation is 1. The van der Waals surface area contributed by atoms with Gasteiger partial charge in [0.2, 0.25) is 10.0 Å². The summed E-state index contributed by atoms with van der Waals surface area (Å²) in [5, 5.41) is 7.01. The Morgan fingerprint density at radius 1 is 0.839 bits per heavy atom. The van der Waals surface area contributed by atoms with E-state index in [0.29, 0.717) is 35.3 Å². The molecule has 3 N–H and O–H groups in total. The van der Waals surface area contributed by atoms with Crippen LogP contribution in [0.2, 0.25) is 0 Å². The smallest absolute Gasteiger partial charge is 0.242 e. The van der Waals surface area contributed by atoms with Crippen molar-refractivity contribution in [3.05, 3.63) is 72.8 Å². The van der Waals surface area contributed by atoms with Crippen LogP contribution in [0.4, 0.5) is 17.5 Å². The van der Waals surface area contributed by atoms with Gasteiger partial charge in [-0.3, -0.25) is 4.98 Å². The van der Waals surface area contributed by atoms with E-state index in [-0.39, 0.29) is 11.4 Å². The fraction of sp³-hybridized carbons (Fsp3) is 0.143. The van der Waals surface area contributed by atoms with Gasteiger partial charge in [0.1, 0.15) is 28.2 Å². The molecule has 3 aromatic heterocycles. The number of aromatic nitrogens is 4. The molecule has 0 unspecified atom stereocenters. The lowest BCUT2D eigenvalue weighted by Gasteiger charge is -2.11. The monoisotopic (exact) mass is 435 g/mol. The quantitative estimate of drug-likeness (QED) is 0.361. The molecular formula is C21H21N7O2S. The molecule has 10 heteroatoms. The van der Waals surface area contributed by atoms with Crippen LogP contribution in [0.3, 0.4) is 0 Å². The Labute approximate surface area is 180 Å². The summed E-state index contributed by atoms with van der Waals surface area (Å²) in [6.07, 6.45) is 3.27. The highest BCUT2D eigenvalue weighted by Crippen LogP contribution is 2.20. The second-order valence-electron chi connectivity index (χ2n) is 6.68. The SMILES string of the molecule is Cc1nc(NCCNS(=O)(=O)c2cccc3cccnc23)cc(Nc2ccccn2)n1. The van der Waals surface area contributed by atoms with Crippen LogP contribution in [0.15, 0.2) is 71.9 Å². The van der Waals surface area contributed by atoms with Crippen LogP contribution in [0, 0.1) is 6.92 Å². The normalized spacial score (nSPS) is 11.4. The summed E-state index contributed by atoms with van der Waals surface area (Å²) in [4.78, 5) is 17.3. The third-order valence-electron chi connectivity index (χ3n) is 4.37. The first-order valence-electron chi connectivity index (χ1n) is 9.62. The number of para-hydroxylation sites is 1. The molecule has 0 aliphatic rings. The minimum absolute atomic E-state index is 0.158. The third kappa shape index (κ3) is 5.11. The van der Waals surface area contributed by atoms with Crippen molar-refractivity contribution >= 4 is 38.4 Å². The molecule has 0 atom stereocenters. The highest BCUT2D eigenvalue weighted by atomic mass is 32.2. The molecule has 0 fully saturated rings.